The number of ether oxygens (including phenoxy) is 1. The van der Waals surface area contributed by atoms with Gasteiger partial charge < -0.3 is 15.0 Å². The van der Waals surface area contributed by atoms with Gasteiger partial charge in [0.1, 0.15) is 12.4 Å². The van der Waals surface area contributed by atoms with Crippen LogP contribution >= 0.6 is 12.4 Å². The summed E-state index contributed by atoms with van der Waals surface area (Å²) >= 11 is 0. The third-order valence-electron chi connectivity index (χ3n) is 4.64. The van der Waals surface area contributed by atoms with Crippen molar-refractivity contribution in [2.24, 2.45) is 0 Å². The maximum absolute atomic E-state index is 12.0. The predicted octanol–water partition coefficient (Wildman–Crippen LogP) is 3.57. The van der Waals surface area contributed by atoms with Crippen molar-refractivity contribution in [3.8, 4) is 5.75 Å². The third-order valence-corrected chi connectivity index (χ3v) is 4.64. The van der Waals surface area contributed by atoms with Crippen LogP contribution in [-0.2, 0) is 17.9 Å². The van der Waals surface area contributed by atoms with Crippen molar-refractivity contribution in [1.82, 2.24) is 15.2 Å². The Labute approximate surface area is 167 Å². The smallest absolute Gasteiger partial charge is 0.222 e. The number of hydrogen-bond acceptors (Lipinski definition) is 4. The number of aromatic nitrogens is 1. The van der Waals surface area contributed by atoms with Gasteiger partial charge in [-0.2, -0.15) is 0 Å². The first-order chi connectivity index (χ1) is 12.8. The molecular formula is C21H28ClN3O2. The molecule has 1 aliphatic heterocycles. The number of benzene rings is 1. The van der Waals surface area contributed by atoms with Gasteiger partial charge in [0.25, 0.3) is 0 Å². The van der Waals surface area contributed by atoms with Crippen LogP contribution in [0.4, 0.5) is 0 Å². The summed E-state index contributed by atoms with van der Waals surface area (Å²) in [4.78, 5) is 18.0. The summed E-state index contributed by atoms with van der Waals surface area (Å²) in [6, 6.07) is 12.0. The lowest BCUT2D eigenvalue weighted by Gasteiger charge is -2.20. The number of carbonyl (C=O) groups is 1. The van der Waals surface area contributed by atoms with Crippen LogP contribution < -0.4 is 10.1 Å². The Hall–Kier alpha value is -2.11. The van der Waals surface area contributed by atoms with E-state index in [0.29, 0.717) is 18.9 Å². The van der Waals surface area contributed by atoms with Gasteiger partial charge in [-0.15, -0.1) is 12.4 Å². The Kier molecular flexibility index (Phi) is 9.08. The van der Waals surface area contributed by atoms with Gasteiger partial charge >= 0.3 is 0 Å². The van der Waals surface area contributed by atoms with Gasteiger partial charge in [-0.3, -0.25) is 9.78 Å². The van der Waals surface area contributed by atoms with Gasteiger partial charge in [0.05, 0.1) is 0 Å². The van der Waals surface area contributed by atoms with Crippen molar-refractivity contribution in [1.29, 1.82) is 0 Å². The minimum absolute atomic E-state index is 0. The summed E-state index contributed by atoms with van der Waals surface area (Å²) < 4.78 is 5.78. The number of halogens is 1. The maximum Gasteiger partial charge on any atom is 0.222 e. The fraction of sp³-hybridized carbons (Fsp3) is 0.429. The van der Waals surface area contributed by atoms with Crippen LogP contribution in [-0.4, -0.2) is 35.4 Å². The highest BCUT2D eigenvalue weighted by atomic mass is 35.5. The second-order valence-corrected chi connectivity index (χ2v) is 6.66. The van der Waals surface area contributed by atoms with E-state index in [1.54, 1.807) is 12.4 Å². The summed E-state index contributed by atoms with van der Waals surface area (Å²) in [5.74, 6) is 1.17. The zero-order valence-corrected chi connectivity index (χ0v) is 16.4. The van der Waals surface area contributed by atoms with E-state index in [1.165, 1.54) is 12.0 Å². The van der Waals surface area contributed by atoms with E-state index >= 15 is 0 Å². The van der Waals surface area contributed by atoms with Gasteiger partial charge in [0.15, 0.2) is 0 Å². The van der Waals surface area contributed by atoms with Crippen molar-refractivity contribution in [3.63, 3.8) is 0 Å². The fourth-order valence-electron chi connectivity index (χ4n) is 3.07. The first-order valence-electron chi connectivity index (χ1n) is 9.40. The Morgan fingerprint density at radius 3 is 2.56 bits per heavy atom. The molecule has 1 amide bonds. The van der Waals surface area contributed by atoms with E-state index in [4.69, 9.17) is 4.74 Å². The van der Waals surface area contributed by atoms with Crippen molar-refractivity contribution in [2.45, 2.75) is 38.8 Å². The van der Waals surface area contributed by atoms with Crippen LogP contribution in [0.1, 0.15) is 36.8 Å². The molecule has 27 heavy (non-hydrogen) atoms. The SMILES string of the molecule is Cl.O=C1CCCCCN1CCNCc1ccc(OCc2ccncc2)cc1. The number of pyridine rings is 1. The van der Waals surface area contributed by atoms with Gasteiger partial charge in [-0.05, 0) is 48.2 Å². The number of likely N-dealkylation sites (tertiary alicyclic amines) is 1. The van der Waals surface area contributed by atoms with Gasteiger partial charge in [0.2, 0.25) is 5.91 Å². The Morgan fingerprint density at radius 2 is 1.78 bits per heavy atom. The molecule has 2 heterocycles. The highest BCUT2D eigenvalue weighted by Crippen LogP contribution is 2.14. The minimum Gasteiger partial charge on any atom is -0.489 e. The number of nitrogens with one attached hydrogen (secondary N) is 1. The second kappa shape index (κ2) is 11.6. The van der Waals surface area contributed by atoms with Crippen molar-refractivity contribution in [2.75, 3.05) is 19.6 Å². The van der Waals surface area contributed by atoms with E-state index < -0.39 is 0 Å². The molecule has 146 valence electrons. The summed E-state index contributed by atoms with van der Waals surface area (Å²) in [5.41, 5.74) is 2.32. The van der Waals surface area contributed by atoms with Crippen LogP contribution in [0.2, 0.25) is 0 Å². The molecule has 5 nitrogen and oxygen atoms in total. The van der Waals surface area contributed by atoms with Crippen LogP contribution in [0.3, 0.4) is 0 Å². The van der Waals surface area contributed by atoms with Crippen molar-refractivity contribution < 1.29 is 9.53 Å². The van der Waals surface area contributed by atoms with Crippen molar-refractivity contribution in [3.05, 3.63) is 59.9 Å². The number of nitrogens with zero attached hydrogens (tertiary/aromatic N) is 2. The molecule has 1 aromatic heterocycles. The van der Waals surface area contributed by atoms with Gasteiger partial charge in [-0.25, -0.2) is 0 Å². The summed E-state index contributed by atoms with van der Waals surface area (Å²) in [6.45, 7) is 3.87. The zero-order chi connectivity index (χ0) is 18.0. The molecular weight excluding hydrogens is 362 g/mol. The number of rotatable bonds is 8. The quantitative estimate of drug-likeness (QED) is 0.701. The number of hydrogen-bond donors (Lipinski definition) is 1. The summed E-state index contributed by atoms with van der Waals surface area (Å²) in [6.07, 6.45) is 7.59. The lowest BCUT2D eigenvalue weighted by atomic mass is 10.2. The van der Waals surface area contributed by atoms with E-state index in [1.807, 2.05) is 29.2 Å². The minimum atomic E-state index is 0. The second-order valence-electron chi connectivity index (χ2n) is 6.66. The molecule has 0 bridgehead atoms. The van der Waals surface area contributed by atoms with Crippen LogP contribution in [0, 0.1) is 0 Å². The average Bonchev–Trinajstić information content (AvgIpc) is 2.89. The molecule has 0 radical (unpaired) electrons. The van der Waals surface area contributed by atoms with E-state index in [2.05, 4.69) is 22.4 Å². The molecule has 0 saturated carbocycles. The first-order valence-corrected chi connectivity index (χ1v) is 9.40. The lowest BCUT2D eigenvalue weighted by Crippen LogP contribution is -2.36. The summed E-state index contributed by atoms with van der Waals surface area (Å²) in [7, 11) is 0. The summed E-state index contributed by atoms with van der Waals surface area (Å²) in [5, 5.41) is 3.43. The highest BCUT2D eigenvalue weighted by Gasteiger charge is 2.15. The zero-order valence-electron chi connectivity index (χ0n) is 15.6. The molecule has 1 saturated heterocycles. The molecule has 0 spiro atoms. The van der Waals surface area contributed by atoms with Crippen molar-refractivity contribution >= 4 is 18.3 Å². The Morgan fingerprint density at radius 1 is 1.00 bits per heavy atom. The molecule has 0 atom stereocenters. The monoisotopic (exact) mass is 389 g/mol. The molecule has 1 fully saturated rings. The van der Waals surface area contributed by atoms with E-state index in [-0.39, 0.29) is 12.4 Å². The molecule has 2 aromatic rings. The number of amides is 1. The van der Waals surface area contributed by atoms with Gasteiger partial charge in [-0.1, -0.05) is 18.6 Å². The molecule has 0 aliphatic carbocycles. The predicted molar refractivity (Wildman–Crippen MR) is 109 cm³/mol. The first kappa shape index (κ1) is 21.2. The van der Waals surface area contributed by atoms with Crippen LogP contribution in [0.15, 0.2) is 48.8 Å². The fourth-order valence-corrected chi connectivity index (χ4v) is 3.07. The lowest BCUT2D eigenvalue weighted by molar-refractivity contribution is -0.130. The Bertz CT molecular complexity index is 680. The highest BCUT2D eigenvalue weighted by molar-refractivity contribution is 5.85. The van der Waals surface area contributed by atoms with E-state index in [0.717, 1.165) is 50.3 Å². The van der Waals surface area contributed by atoms with E-state index in [9.17, 15) is 4.79 Å². The topological polar surface area (TPSA) is 54.5 Å². The molecule has 1 N–H and O–H groups in total. The normalized spacial score (nSPS) is 14.4. The molecule has 1 aromatic carbocycles. The molecule has 6 heteroatoms. The standard InChI is InChI=1S/C21H27N3O2.ClH/c25-21-4-2-1-3-14-24(21)15-13-23-16-18-5-7-20(8-6-18)26-17-19-9-11-22-12-10-19;/h5-12,23H,1-4,13-17H2;1H. The molecule has 0 unspecified atom stereocenters. The molecule has 3 rings (SSSR count). The average molecular weight is 390 g/mol. The van der Waals surface area contributed by atoms with Crippen LogP contribution in [0.5, 0.6) is 5.75 Å². The largest absolute Gasteiger partial charge is 0.489 e. The van der Waals surface area contributed by atoms with Gasteiger partial charge in [0, 0.05) is 45.0 Å². The van der Waals surface area contributed by atoms with Crippen LogP contribution in [0.25, 0.3) is 0 Å². The maximum atomic E-state index is 12.0. The Balaban J connectivity index is 0.00000261. The molecule has 1 aliphatic rings. The number of carbonyl (C=O) groups excluding carboxylic acids is 1. The third kappa shape index (κ3) is 7.19.